The molecule has 1 aromatic heterocycles. The molecule has 4 aromatic rings. The van der Waals surface area contributed by atoms with Gasteiger partial charge in [0.05, 0.1) is 42.0 Å². The van der Waals surface area contributed by atoms with E-state index in [-0.39, 0.29) is 29.8 Å². The molecule has 0 aliphatic heterocycles. The molecule has 0 saturated heterocycles. The molecule has 190 valence electrons. The molecule has 37 heavy (non-hydrogen) atoms. The fourth-order valence-electron chi connectivity index (χ4n) is 4.07. The lowest BCUT2D eigenvalue weighted by Gasteiger charge is -2.22. The number of nitrogens with one attached hydrogen (secondary N) is 2. The van der Waals surface area contributed by atoms with Crippen LogP contribution < -0.4 is 11.1 Å². The Kier molecular flexibility index (Phi) is 7.95. The van der Waals surface area contributed by atoms with E-state index in [1.165, 1.54) is 13.4 Å². The predicted molar refractivity (Wildman–Crippen MR) is 139 cm³/mol. The number of nitrogens with zero attached hydrogens (tertiary/aromatic N) is 1. The number of imidazole rings is 1. The molecule has 1 heterocycles. The van der Waals surface area contributed by atoms with Crippen molar-refractivity contribution in [3.05, 3.63) is 95.6 Å². The average molecular weight is 501 g/mol. The molecule has 0 spiro atoms. The summed E-state index contributed by atoms with van der Waals surface area (Å²) in [5.41, 5.74) is 8.25. The second-order valence-electron chi connectivity index (χ2n) is 8.58. The number of carbonyl (C=O) groups excluding carboxylic acids is 3. The summed E-state index contributed by atoms with van der Waals surface area (Å²) in [7, 11) is 1.27. The first-order valence-corrected chi connectivity index (χ1v) is 11.8. The van der Waals surface area contributed by atoms with Crippen LogP contribution in [0.15, 0.2) is 73.2 Å². The number of Topliss-reactive ketones (excluding diaryl/α,β-unsaturated/α-hetero) is 1. The Bertz CT molecular complexity index is 1400. The van der Waals surface area contributed by atoms with E-state index < -0.39 is 29.8 Å². The minimum absolute atomic E-state index is 0.0421. The molecule has 0 unspecified atom stereocenters. The highest BCUT2D eigenvalue weighted by Gasteiger charge is 2.29. The first-order chi connectivity index (χ1) is 17.9. The van der Waals surface area contributed by atoms with Gasteiger partial charge in [-0.15, -0.1) is 0 Å². The minimum Gasteiger partial charge on any atom is -0.467 e. The van der Waals surface area contributed by atoms with Crippen LogP contribution >= 0.6 is 0 Å². The number of aromatic amines is 1. The maximum absolute atomic E-state index is 13.8. The van der Waals surface area contributed by atoms with Crippen LogP contribution in [0.2, 0.25) is 0 Å². The van der Waals surface area contributed by atoms with Gasteiger partial charge < -0.3 is 25.5 Å². The quantitative estimate of drug-likeness (QED) is 0.222. The fourth-order valence-corrected chi connectivity index (χ4v) is 4.07. The van der Waals surface area contributed by atoms with Crippen LogP contribution in [-0.2, 0) is 27.3 Å². The second-order valence-corrected chi connectivity index (χ2v) is 8.58. The third-order valence-electron chi connectivity index (χ3n) is 5.96. The van der Waals surface area contributed by atoms with Crippen molar-refractivity contribution in [3.63, 3.8) is 0 Å². The molecule has 0 aliphatic carbocycles. The van der Waals surface area contributed by atoms with Crippen LogP contribution in [0.3, 0.4) is 0 Å². The van der Waals surface area contributed by atoms with E-state index in [0.717, 1.165) is 5.56 Å². The molecule has 2 atom stereocenters. The van der Waals surface area contributed by atoms with Crippen molar-refractivity contribution in [3.8, 4) is 0 Å². The Balaban J connectivity index is 1.81. The standard InChI is InChI=1S/C28H28N4O5/c1-17(27(34)36-2)32-25-22(28(35)37-15-18-8-4-3-5-9-18)12-19-10-6-7-11-21(19)24(25)26(33)23(29)13-20-14-30-16-31-20/h3-12,14,16-17,23,32H,13,15,29H2,1-2H3,(H,30,31)/t17-,23-/m0/s1. The van der Waals surface area contributed by atoms with Gasteiger partial charge in [-0.25, -0.2) is 14.6 Å². The SMILES string of the molecule is COC(=O)[C@H](C)Nc1c(C(=O)OCc2ccccc2)cc2ccccc2c1C(=O)[C@@H](N)Cc1c[nH]cn1. The molecular weight excluding hydrogens is 472 g/mol. The first-order valence-electron chi connectivity index (χ1n) is 11.8. The lowest BCUT2D eigenvalue weighted by Crippen LogP contribution is -2.35. The lowest BCUT2D eigenvalue weighted by atomic mass is 9.91. The van der Waals surface area contributed by atoms with Gasteiger partial charge in [0.25, 0.3) is 0 Å². The number of anilines is 1. The van der Waals surface area contributed by atoms with Crippen molar-refractivity contribution in [1.82, 2.24) is 9.97 Å². The lowest BCUT2D eigenvalue weighted by molar-refractivity contribution is -0.141. The molecule has 3 aromatic carbocycles. The number of nitrogens with two attached hydrogens (primary N) is 1. The number of benzene rings is 3. The molecular formula is C28H28N4O5. The summed E-state index contributed by atoms with van der Waals surface area (Å²) < 4.78 is 10.5. The van der Waals surface area contributed by atoms with E-state index >= 15 is 0 Å². The van der Waals surface area contributed by atoms with Crippen LogP contribution in [0, 0.1) is 0 Å². The van der Waals surface area contributed by atoms with Gasteiger partial charge in [-0.1, -0.05) is 54.6 Å². The third-order valence-corrected chi connectivity index (χ3v) is 5.96. The summed E-state index contributed by atoms with van der Waals surface area (Å²) in [5.74, 6) is -1.61. The molecule has 0 aliphatic rings. The van der Waals surface area contributed by atoms with Crippen LogP contribution in [0.1, 0.15) is 38.9 Å². The van der Waals surface area contributed by atoms with Gasteiger partial charge in [0.1, 0.15) is 12.6 Å². The van der Waals surface area contributed by atoms with Crippen molar-refractivity contribution >= 4 is 34.2 Å². The highest BCUT2D eigenvalue weighted by Crippen LogP contribution is 2.33. The Morgan fingerprint density at radius 2 is 1.81 bits per heavy atom. The Morgan fingerprint density at radius 1 is 1.08 bits per heavy atom. The number of fused-ring (bicyclic) bond motifs is 1. The Hall–Kier alpha value is -4.50. The molecule has 0 saturated carbocycles. The van der Waals surface area contributed by atoms with Gasteiger partial charge in [-0.05, 0) is 29.3 Å². The van der Waals surface area contributed by atoms with Gasteiger partial charge in [0, 0.05) is 12.6 Å². The van der Waals surface area contributed by atoms with Gasteiger partial charge in [0.15, 0.2) is 5.78 Å². The van der Waals surface area contributed by atoms with Gasteiger partial charge >= 0.3 is 11.9 Å². The molecule has 0 fully saturated rings. The van der Waals surface area contributed by atoms with Crippen molar-refractivity contribution < 1.29 is 23.9 Å². The number of ether oxygens (including phenoxy) is 2. The summed E-state index contributed by atoms with van der Waals surface area (Å²) in [6, 6.07) is 16.3. The number of ketones is 1. The number of hydrogen-bond acceptors (Lipinski definition) is 8. The number of esters is 2. The molecule has 4 N–H and O–H groups in total. The van der Waals surface area contributed by atoms with E-state index in [2.05, 4.69) is 15.3 Å². The fraction of sp³-hybridized carbons (Fsp3) is 0.214. The van der Waals surface area contributed by atoms with Crippen molar-refractivity contribution in [2.24, 2.45) is 5.73 Å². The summed E-state index contributed by atoms with van der Waals surface area (Å²) >= 11 is 0. The molecule has 0 bridgehead atoms. The highest BCUT2D eigenvalue weighted by molar-refractivity contribution is 6.18. The zero-order valence-electron chi connectivity index (χ0n) is 20.6. The average Bonchev–Trinajstić information content (AvgIpc) is 3.44. The van der Waals surface area contributed by atoms with E-state index in [9.17, 15) is 14.4 Å². The third kappa shape index (κ3) is 5.84. The van der Waals surface area contributed by atoms with Crippen molar-refractivity contribution in [1.29, 1.82) is 0 Å². The smallest absolute Gasteiger partial charge is 0.340 e. The number of H-pyrrole nitrogens is 1. The summed E-state index contributed by atoms with van der Waals surface area (Å²) in [5, 5.41) is 4.26. The van der Waals surface area contributed by atoms with E-state index in [4.69, 9.17) is 15.2 Å². The maximum atomic E-state index is 13.8. The van der Waals surface area contributed by atoms with Crippen molar-refractivity contribution in [2.45, 2.75) is 32.0 Å². The van der Waals surface area contributed by atoms with E-state index in [1.807, 2.05) is 36.4 Å². The van der Waals surface area contributed by atoms with Gasteiger partial charge in [-0.2, -0.15) is 0 Å². The van der Waals surface area contributed by atoms with Crippen LogP contribution in [0.25, 0.3) is 10.8 Å². The molecule has 9 heteroatoms. The van der Waals surface area contributed by atoms with Crippen molar-refractivity contribution in [2.75, 3.05) is 12.4 Å². The zero-order chi connectivity index (χ0) is 26.4. The summed E-state index contributed by atoms with van der Waals surface area (Å²) in [6.45, 7) is 1.62. The van der Waals surface area contributed by atoms with Gasteiger partial charge in [-0.3, -0.25) is 4.79 Å². The topological polar surface area (TPSA) is 136 Å². The maximum Gasteiger partial charge on any atom is 0.340 e. The van der Waals surface area contributed by atoms with Crippen LogP contribution in [0.5, 0.6) is 0 Å². The van der Waals surface area contributed by atoms with E-state index in [0.29, 0.717) is 16.5 Å². The number of carbonyl (C=O) groups is 3. The van der Waals surface area contributed by atoms with Crippen LogP contribution in [-0.4, -0.2) is 46.9 Å². The number of methoxy groups -OCH3 is 1. The normalized spacial score (nSPS) is 12.5. The molecule has 9 nitrogen and oxygen atoms in total. The molecule has 0 radical (unpaired) electrons. The molecule has 4 rings (SSSR count). The second kappa shape index (κ2) is 11.5. The number of aromatic nitrogens is 2. The number of rotatable bonds is 10. The van der Waals surface area contributed by atoms with E-state index in [1.54, 1.807) is 37.4 Å². The van der Waals surface area contributed by atoms with Gasteiger partial charge in [0.2, 0.25) is 0 Å². The first kappa shape index (κ1) is 25.6. The Labute approximate surface area is 214 Å². The largest absolute Gasteiger partial charge is 0.467 e. The Morgan fingerprint density at radius 3 is 2.51 bits per heavy atom. The molecule has 0 amide bonds. The summed E-state index contributed by atoms with van der Waals surface area (Å²) in [6.07, 6.45) is 3.36. The highest BCUT2D eigenvalue weighted by atomic mass is 16.5. The minimum atomic E-state index is -0.948. The predicted octanol–water partition coefficient (Wildman–Crippen LogP) is 3.65. The number of hydrogen-bond donors (Lipinski definition) is 3. The summed E-state index contributed by atoms with van der Waals surface area (Å²) in [4.78, 5) is 46.5. The monoisotopic (exact) mass is 500 g/mol. The van der Waals surface area contributed by atoms with Crippen LogP contribution in [0.4, 0.5) is 5.69 Å². The zero-order valence-corrected chi connectivity index (χ0v) is 20.6.